The van der Waals surface area contributed by atoms with Crippen LogP contribution in [-0.4, -0.2) is 59.4 Å². The number of anilines is 2. The Hall–Kier alpha value is -1.93. The molecule has 27 heavy (non-hydrogen) atoms. The summed E-state index contributed by atoms with van der Waals surface area (Å²) in [6.45, 7) is 0. The van der Waals surface area contributed by atoms with Crippen LogP contribution in [0.15, 0.2) is 6.20 Å². The Bertz CT molecular complexity index is 634. The van der Waals surface area contributed by atoms with Gasteiger partial charge in [0.25, 0.3) is 5.91 Å². The lowest BCUT2D eigenvalue weighted by molar-refractivity contribution is 0.0681. The highest BCUT2D eigenvalue weighted by molar-refractivity contribution is 5.98. The van der Waals surface area contributed by atoms with Crippen molar-refractivity contribution in [2.24, 2.45) is 0 Å². The second-order valence-electron chi connectivity index (χ2n) is 7.55. The molecule has 2 aliphatic rings. The lowest BCUT2D eigenvalue weighted by atomic mass is 9.93. The van der Waals surface area contributed by atoms with Gasteiger partial charge in [0.05, 0.1) is 12.2 Å². The van der Waals surface area contributed by atoms with Gasteiger partial charge in [-0.15, -0.1) is 0 Å². The van der Waals surface area contributed by atoms with Gasteiger partial charge in [0.2, 0.25) is 5.95 Å². The number of amides is 1. The quantitative estimate of drug-likeness (QED) is 0.600. The second-order valence-corrected chi connectivity index (χ2v) is 7.55. The normalized spacial score (nSPS) is 28.4. The van der Waals surface area contributed by atoms with Crippen LogP contribution in [0.2, 0.25) is 0 Å². The number of nitrogens with one attached hydrogen (secondary N) is 3. The van der Waals surface area contributed by atoms with Gasteiger partial charge in [-0.1, -0.05) is 0 Å². The van der Waals surface area contributed by atoms with E-state index < -0.39 is 0 Å². The van der Waals surface area contributed by atoms with Crippen molar-refractivity contribution < 1.29 is 14.6 Å². The van der Waals surface area contributed by atoms with Gasteiger partial charge < -0.3 is 25.8 Å². The molecule has 0 unspecified atom stereocenters. The molecule has 2 atom stereocenters. The molecule has 1 aromatic rings. The predicted molar refractivity (Wildman–Crippen MR) is 104 cm³/mol. The molecule has 0 spiro atoms. The van der Waals surface area contributed by atoms with Gasteiger partial charge in [-0.25, -0.2) is 4.98 Å². The van der Waals surface area contributed by atoms with Crippen molar-refractivity contribution in [2.75, 3.05) is 24.8 Å². The number of carbonyl (C=O) groups is 1. The fourth-order valence-corrected chi connectivity index (χ4v) is 3.98. The molecule has 150 valence electrons. The first-order chi connectivity index (χ1) is 13.1. The molecule has 0 aromatic carbocycles. The molecule has 0 radical (unpaired) electrons. The molecule has 1 amide bonds. The maximum Gasteiger partial charge on any atom is 0.256 e. The van der Waals surface area contributed by atoms with Crippen LogP contribution >= 0.6 is 0 Å². The number of nitrogens with zero attached hydrogens (tertiary/aromatic N) is 2. The number of hydrogen-bond acceptors (Lipinski definition) is 7. The van der Waals surface area contributed by atoms with E-state index in [1.165, 1.54) is 0 Å². The van der Waals surface area contributed by atoms with E-state index in [2.05, 4.69) is 25.9 Å². The average molecular weight is 377 g/mol. The van der Waals surface area contributed by atoms with Gasteiger partial charge in [-0.3, -0.25) is 4.79 Å². The van der Waals surface area contributed by atoms with E-state index in [0.717, 1.165) is 44.9 Å². The van der Waals surface area contributed by atoms with Gasteiger partial charge in [0, 0.05) is 32.4 Å². The van der Waals surface area contributed by atoms with Gasteiger partial charge in [-0.05, 0) is 51.4 Å². The average Bonchev–Trinajstić information content (AvgIpc) is 2.68. The minimum atomic E-state index is -0.296. The molecule has 3 rings (SSSR count). The van der Waals surface area contributed by atoms with Crippen LogP contribution in [0.1, 0.15) is 61.7 Å². The number of aromatic nitrogens is 2. The first-order valence-electron chi connectivity index (χ1n) is 9.92. The summed E-state index contributed by atoms with van der Waals surface area (Å²) in [4.78, 5) is 21.1. The summed E-state index contributed by atoms with van der Waals surface area (Å²) in [6, 6.07) is 0.420. The Kier molecular flexibility index (Phi) is 6.84. The zero-order valence-electron chi connectivity index (χ0n) is 16.2. The Morgan fingerprint density at radius 2 is 1.93 bits per heavy atom. The van der Waals surface area contributed by atoms with Gasteiger partial charge >= 0.3 is 0 Å². The maximum atomic E-state index is 12.2. The molecule has 0 saturated heterocycles. The van der Waals surface area contributed by atoms with Crippen molar-refractivity contribution in [3.63, 3.8) is 0 Å². The Balaban J connectivity index is 1.71. The van der Waals surface area contributed by atoms with Crippen LogP contribution in [0.3, 0.4) is 0 Å². The summed E-state index contributed by atoms with van der Waals surface area (Å²) in [7, 11) is 3.36. The summed E-state index contributed by atoms with van der Waals surface area (Å²) >= 11 is 0. The van der Waals surface area contributed by atoms with E-state index in [-0.39, 0.29) is 18.1 Å². The number of hydrogen-bond donors (Lipinski definition) is 4. The highest BCUT2D eigenvalue weighted by Crippen LogP contribution is 2.26. The summed E-state index contributed by atoms with van der Waals surface area (Å²) in [5.74, 6) is 0.833. The summed E-state index contributed by atoms with van der Waals surface area (Å²) in [5, 5.41) is 19.3. The minimum absolute atomic E-state index is 0.108. The molecule has 2 fully saturated rings. The molecule has 1 heterocycles. The van der Waals surface area contributed by atoms with Crippen molar-refractivity contribution in [3.05, 3.63) is 11.8 Å². The van der Waals surface area contributed by atoms with Crippen LogP contribution < -0.4 is 16.0 Å². The van der Waals surface area contributed by atoms with E-state index in [4.69, 9.17) is 4.74 Å². The van der Waals surface area contributed by atoms with Crippen LogP contribution in [0.5, 0.6) is 0 Å². The van der Waals surface area contributed by atoms with Crippen molar-refractivity contribution in [3.8, 4) is 0 Å². The SMILES string of the molecule is CNC(=O)c1cnc(N[C@H]2CC[C@H](OC)CC2)nc1N[C@@H]1CCC[C@H](O)C1. The summed E-state index contributed by atoms with van der Waals surface area (Å²) in [5.41, 5.74) is 0.422. The number of rotatable bonds is 6. The third-order valence-corrected chi connectivity index (χ3v) is 5.59. The third-order valence-electron chi connectivity index (χ3n) is 5.59. The molecular weight excluding hydrogens is 346 g/mol. The van der Waals surface area contributed by atoms with Crippen molar-refractivity contribution in [2.45, 2.75) is 75.7 Å². The third kappa shape index (κ3) is 5.29. The first kappa shape index (κ1) is 19.8. The second kappa shape index (κ2) is 9.32. The number of aliphatic hydroxyl groups is 1. The zero-order chi connectivity index (χ0) is 19.2. The summed E-state index contributed by atoms with van der Waals surface area (Å²) in [6.07, 6.45) is 9.10. The molecular formula is C19H31N5O3. The van der Waals surface area contributed by atoms with Gasteiger partial charge in [-0.2, -0.15) is 4.98 Å². The Morgan fingerprint density at radius 1 is 1.15 bits per heavy atom. The number of methoxy groups -OCH3 is 1. The largest absolute Gasteiger partial charge is 0.393 e. The topological polar surface area (TPSA) is 108 Å². The van der Waals surface area contributed by atoms with E-state index >= 15 is 0 Å². The van der Waals surface area contributed by atoms with Crippen LogP contribution in [0.25, 0.3) is 0 Å². The molecule has 8 heteroatoms. The number of aliphatic hydroxyl groups excluding tert-OH is 1. The van der Waals surface area contributed by atoms with E-state index in [1.54, 1.807) is 20.4 Å². The highest BCUT2D eigenvalue weighted by Gasteiger charge is 2.24. The highest BCUT2D eigenvalue weighted by atomic mass is 16.5. The Labute approximate surface area is 160 Å². The Morgan fingerprint density at radius 3 is 2.59 bits per heavy atom. The van der Waals surface area contributed by atoms with E-state index in [1.807, 2.05) is 0 Å². The molecule has 2 saturated carbocycles. The molecule has 1 aromatic heterocycles. The lowest BCUT2D eigenvalue weighted by Crippen LogP contribution is -2.32. The van der Waals surface area contributed by atoms with Crippen LogP contribution in [0.4, 0.5) is 11.8 Å². The number of carbonyl (C=O) groups excluding carboxylic acids is 1. The molecule has 0 aliphatic heterocycles. The standard InChI is InChI=1S/C19H31N5O3/c1-20-18(26)16-11-21-19(23-12-6-8-15(27-2)9-7-12)24-17(16)22-13-4-3-5-14(25)10-13/h11-15,25H,3-10H2,1-2H3,(H,20,26)(H2,21,22,23,24)/t12-,13-,14+,15-/m1/s1. The van der Waals surface area contributed by atoms with E-state index in [0.29, 0.717) is 35.9 Å². The van der Waals surface area contributed by atoms with Crippen molar-refractivity contribution in [1.82, 2.24) is 15.3 Å². The predicted octanol–water partition coefficient (Wildman–Crippen LogP) is 1.92. The summed E-state index contributed by atoms with van der Waals surface area (Å²) < 4.78 is 5.42. The minimum Gasteiger partial charge on any atom is -0.393 e. The van der Waals surface area contributed by atoms with Crippen molar-refractivity contribution in [1.29, 1.82) is 0 Å². The molecule has 4 N–H and O–H groups in total. The van der Waals surface area contributed by atoms with E-state index in [9.17, 15) is 9.90 Å². The van der Waals surface area contributed by atoms with Crippen LogP contribution in [-0.2, 0) is 4.74 Å². The fourth-order valence-electron chi connectivity index (χ4n) is 3.98. The zero-order valence-corrected chi connectivity index (χ0v) is 16.2. The lowest BCUT2D eigenvalue weighted by Gasteiger charge is -2.29. The van der Waals surface area contributed by atoms with Crippen molar-refractivity contribution >= 4 is 17.7 Å². The smallest absolute Gasteiger partial charge is 0.256 e. The number of ether oxygens (including phenoxy) is 1. The van der Waals surface area contributed by atoms with Crippen LogP contribution in [0, 0.1) is 0 Å². The fraction of sp³-hybridized carbons (Fsp3) is 0.737. The molecule has 2 aliphatic carbocycles. The van der Waals surface area contributed by atoms with Gasteiger partial charge in [0.15, 0.2) is 0 Å². The monoisotopic (exact) mass is 377 g/mol. The molecule has 0 bridgehead atoms. The molecule has 8 nitrogen and oxygen atoms in total. The van der Waals surface area contributed by atoms with Gasteiger partial charge in [0.1, 0.15) is 11.4 Å². The first-order valence-corrected chi connectivity index (χ1v) is 9.92. The maximum absolute atomic E-state index is 12.2.